The molecule has 3 nitrogen and oxygen atoms in total. The molecule has 3 heterocycles. The van der Waals surface area contributed by atoms with Gasteiger partial charge in [0.15, 0.2) is 0 Å². The zero-order valence-corrected chi connectivity index (χ0v) is 10.9. The van der Waals surface area contributed by atoms with Crippen LogP contribution in [0.3, 0.4) is 0 Å². The zero-order valence-electron chi connectivity index (χ0n) is 10.1. The van der Waals surface area contributed by atoms with Crippen LogP contribution in [0.5, 0.6) is 0 Å². The molecule has 1 amide bonds. The summed E-state index contributed by atoms with van der Waals surface area (Å²) in [5.41, 5.74) is 2.03. The third kappa shape index (κ3) is 1.89. The van der Waals surface area contributed by atoms with Gasteiger partial charge in [-0.15, -0.1) is 0 Å². The number of carbonyl (C=O) groups is 1. The van der Waals surface area contributed by atoms with Crippen LogP contribution in [0.4, 0.5) is 0 Å². The van der Waals surface area contributed by atoms with Crippen molar-refractivity contribution in [3.8, 4) is 0 Å². The molecule has 3 rings (SSSR count). The Hall–Kier alpha value is -0.870. The molecule has 1 N–H and O–H groups in total. The Morgan fingerprint density at radius 1 is 1.35 bits per heavy atom. The fourth-order valence-electron chi connectivity index (χ4n) is 3.03. The van der Waals surface area contributed by atoms with Gasteiger partial charge in [-0.25, -0.2) is 0 Å². The molecule has 2 saturated heterocycles. The number of nitrogens with one attached hydrogen (secondary N) is 1. The molecule has 2 aliphatic rings. The van der Waals surface area contributed by atoms with E-state index >= 15 is 0 Å². The van der Waals surface area contributed by atoms with Gasteiger partial charge in [0, 0.05) is 24.0 Å². The van der Waals surface area contributed by atoms with Crippen molar-refractivity contribution < 1.29 is 4.79 Å². The molecular formula is C13H18N2OS. The van der Waals surface area contributed by atoms with Crippen LogP contribution in [0, 0.1) is 6.92 Å². The van der Waals surface area contributed by atoms with Crippen LogP contribution in [0.25, 0.3) is 0 Å². The highest BCUT2D eigenvalue weighted by Crippen LogP contribution is 2.30. The fraction of sp³-hybridized carbons (Fsp3) is 0.615. The predicted octanol–water partition coefficient (Wildman–Crippen LogP) is 2.02. The van der Waals surface area contributed by atoms with E-state index in [1.54, 1.807) is 11.3 Å². The standard InChI is InChI=1S/C13H18N2OS/c1-9-7-17-8-12(9)13(16)15-10-2-3-11(15)6-14-5-4-10/h7-8,10-11,14H,2-6H2,1H3. The average Bonchev–Trinajstić information content (AvgIpc) is 2.81. The van der Waals surface area contributed by atoms with Crippen LogP contribution in [-0.2, 0) is 0 Å². The van der Waals surface area contributed by atoms with Crippen molar-refractivity contribution in [2.75, 3.05) is 13.1 Å². The summed E-state index contributed by atoms with van der Waals surface area (Å²) in [6.07, 6.45) is 3.44. The summed E-state index contributed by atoms with van der Waals surface area (Å²) in [4.78, 5) is 14.7. The summed E-state index contributed by atoms with van der Waals surface area (Å²) in [5.74, 6) is 0.250. The van der Waals surface area contributed by atoms with E-state index in [4.69, 9.17) is 0 Å². The Labute approximate surface area is 106 Å². The Balaban J connectivity index is 1.88. The predicted molar refractivity (Wildman–Crippen MR) is 69.5 cm³/mol. The van der Waals surface area contributed by atoms with Crippen molar-refractivity contribution >= 4 is 17.2 Å². The van der Waals surface area contributed by atoms with E-state index in [2.05, 4.69) is 15.6 Å². The van der Waals surface area contributed by atoms with Crippen LogP contribution in [0.1, 0.15) is 35.2 Å². The molecule has 2 aliphatic heterocycles. The van der Waals surface area contributed by atoms with Crippen LogP contribution in [0.2, 0.25) is 0 Å². The number of amides is 1. The van der Waals surface area contributed by atoms with E-state index in [0.717, 1.165) is 37.1 Å². The van der Waals surface area contributed by atoms with Gasteiger partial charge in [0.1, 0.15) is 0 Å². The number of aryl methyl sites for hydroxylation is 1. The first-order valence-electron chi connectivity index (χ1n) is 6.33. The topological polar surface area (TPSA) is 32.3 Å². The highest BCUT2D eigenvalue weighted by atomic mass is 32.1. The second-order valence-electron chi connectivity index (χ2n) is 5.06. The SMILES string of the molecule is Cc1cscc1C(=O)N1C2CCNCC1CC2. The van der Waals surface area contributed by atoms with Gasteiger partial charge in [-0.3, -0.25) is 4.79 Å². The van der Waals surface area contributed by atoms with Crippen LogP contribution in [0.15, 0.2) is 10.8 Å². The first-order chi connectivity index (χ1) is 8.27. The van der Waals surface area contributed by atoms with Gasteiger partial charge >= 0.3 is 0 Å². The quantitative estimate of drug-likeness (QED) is 0.827. The number of fused-ring (bicyclic) bond motifs is 2. The summed E-state index contributed by atoms with van der Waals surface area (Å²) in [7, 11) is 0. The molecule has 1 aromatic rings. The molecule has 2 atom stereocenters. The van der Waals surface area contributed by atoms with E-state index in [1.165, 1.54) is 6.42 Å². The summed E-state index contributed by atoms with van der Waals surface area (Å²) in [6.45, 7) is 4.04. The van der Waals surface area contributed by atoms with E-state index in [1.807, 2.05) is 12.3 Å². The lowest BCUT2D eigenvalue weighted by atomic mass is 10.1. The molecule has 2 bridgehead atoms. The van der Waals surface area contributed by atoms with Crippen molar-refractivity contribution in [1.29, 1.82) is 0 Å². The number of rotatable bonds is 1. The van der Waals surface area contributed by atoms with Crippen molar-refractivity contribution in [2.24, 2.45) is 0 Å². The van der Waals surface area contributed by atoms with Crippen molar-refractivity contribution in [3.63, 3.8) is 0 Å². The minimum atomic E-state index is 0.250. The third-order valence-corrected chi connectivity index (χ3v) is 4.84. The smallest absolute Gasteiger partial charge is 0.255 e. The molecular weight excluding hydrogens is 232 g/mol. The number of hydrogen-bond acceptors (Lipinski definition) is 3. The minimum Gasteiger partial charge on any atom is -0.331 e. The highest BCUT2D eigenvalue weighted by Gasteiger charge is 2.38. The molecule has 0 spiro atoms. The second-order valence-corrected chi connectivity index (χ2v) is 5.80. The fourth-order valence-corrected chi connectivity index (χ4v) is 3.85. The van der Waals surface area contributed by atoms with Crippen molar-refractivity contribution in [2.45, 2.75) is 38.3 Å². The summed E-state index contributed by atoms with van der Waals surface area (Å²) < 4.78 is 0. The van der Waals surface area contributed by atoms with Crippen molar-refractivity contribution in [1.82, 2.24) is 10.2 Å². The van der Waals surface area contributed by atoms with Crippen LogP contribution < -0.4 is 5.32 Å². The summed E-state index contributed by atoms with van der Waals surface area (Å²) in [6, 6.07) is 0.871. The van der Waals surface area contributed by atoms with Gasteiger partial charge in [0.25, 0.3) is 5.91 Å². The highest BCUT2D eigenvalue weighted by molar-refractivity contribution is 7.08. The normalized spacial score (nSPS) is 28.2. The van der Waals surface area contributed by atoms with Gasteiger partial charge in [-0.1, -0.05) is 0 Å². The van der Waals surface area contributed by atoms with Gasteiger partial charge in [-0.05, 0) is 43.7 Å². The molecule has 0 radical (unpaired) electrons. The van der Waals surface area contributed by atoms with E-state index in [0.29, 0.717) is 12.1 Å². The van der Waals surface area contributed by atoms with Gasteiger partial charge < -0.3 is 10.2 Å². The van der Waals surface area contributed by atoms with Gasteiger partial charge in [0.05, 0.1) is 5.56 Å². The zero-order chi connectivity index (χ0) is 11.8. The van der Waals surface area contributed by atoms with E-state index < -0.39 is 0 Å². The lowest BCUT2D eigenvalue weighted by Gasteiger charge is -2.27. The number of nitrogens with zero attached hydrogens (tertiary/aromatic N) is 1. The number of carbonyl (C=O) groups excluding carboxylic acids is 1. The maximum absolute atomic E-state index is 12.6. The molecule has 2 fully saturated rings. The van der Waals surface area contributed by atoms with Crippen molar-refractivity contribution in [3.05, 3.63) is 21.9 Å². The molecule has 0 saturated carbocycles. The first kappa shape index (κ1) is 11.2. The number of thiophene rings is 1. The van der Waals surface area contributed by atoms with E-state index in [-0.39, 0.29) is 5.91 Å². The lowest BCUT2D eigenvalue weighted by molar-refractivity contribution is 0.0680. The maximum Gasteiger partial charge on any atom is 0.255 e. The Morgan fingerprint density at radius 2 is 2.18 bits per heavy atom. The second kappa shape index (κ2) is 4.42. The van der Waals surface area contributed by atoms with Gasteiger partial charge in [-0.2, -0.15) is 11.3 Å². The molecule has 92 valence electrons. The van der Waals surface area contributed by atoms with E-state index in [9.17, 15) is 4.79 Å². The Kier molecular flexibility index (Phi) is 2.92. The molecule has 2 unspecified atom stereocenters. The summed E-state index contributed by atoms with van der Waals surface area (Å²) >= 11 is 1.62. The summed E-state index contributed by atoms with van der Waals surface area (Å²) in [5, 5.41) is 7.49. The largest absolute Gasteiger partial charge is 0.331 e. The molecule has 4 heteroatoms. The Bertz CT molecular complexity index is 415. The lowest BCUT2D eigenvalue weighted by Crippen LogP contribution is -2.42. The molecule has 0 aromatic carbocycles. The monoisotopic (exact) mass is 250 g/mol. The van der Waals surface area contributed by atoms with Gasteiger partial charge in [0.2, 0.25) is 0 Å². The number of hydrogen-bond donors (Lipinski definition) is 1. The Morgan fingerprint density at radius 3 is 2.94 bits per heavy atom. The molecule has 1 aromatic heterocycles. The van der Waals surface area contributed by atoms with Crippen LogP contribution in [-0.4, -0.2) is 36.0 Å². The molecule has 0 aliphatic carbocycles. The molecule has 17 heavy (non-hydrogen) atoms. The third-order valence-electron chi connectivity index (χ3n) is 3.97. The first-order valence-corrected chi connectivity index (χ1v) is 7.28. The minimum absolute atomic E-state index is 0.250. The van der Waals surface area contributed by atoms with Crippen LogP contribution >= 0.6 is 11.3 Å². The average molecular weight is 250 g/mol. The maximum atomic E-state index is 12.6.